The summed E-state index contributed by atoms with van der Waals surface area (Å²) in [6.45, 7) is 4.54. The van der Waals surface area contributed by atoms with Crippen molar-refractivity contribution < 1.29 is 0 Å². The molecule has 7 nitrogen and oxygen atoms in total. The minimum absolute atomic E-state index is 0.222. The van der Waals surface area contributed by atoms with Gasteiger partial charge in [0.1, 0.15) is 5.54 Å². The van der Waals surface area contributed by atoms with Crippen molar-refractivity contribution in [3.05, 3.63) is 84.9 Å². The van der Waals surface area contributed by atoms with Crippen LogP contribution in [-0.2, 0) is 5.54 Å². The van der Waals surface area contributed by atoms with E-state index in [1.807, 2.05) is 12.5 Å². The van der Waals surface area contributed by atoms with E-state index in [9.17, 15) is 0 Å². The lowest BCUT2D eigenvalue weighted by molar-refractivity contribution is 0.397. The molecule has 0 radical (unpaired) electrons. The molecule has 3 unspecified atom stereocenters. The van der Waals surface area contributed by atoms with Gasteiger partial charge in [0.05, 0.1) is 12.4 Å². The van der Waals surface area contributed by atoms with Crippen molar-refractivity contribution >= 4 is 10.9 Å². The predicted molar refractivity (Wildman–Crippen MR) is 116 cm³/mol. The second-order valence-electron chi connectivity index (χ2n) is 7.96. The van der Waals surface area contributed by atoms with E-state index in [0.717, 1.165) is 18.4 Å². The second-order valence-corrected chi connectivity index (χ2v) is 7.96. The van der Waals surface area contributed by atoms with E-state index in [1.54, 1.807) is 0 Å². The molecule has 7 heteroatoms. The minimum atomic E-state index is -0.497. The van der Waals surface area contributed by atoms with E-state index < -0.39 is 5.54 Å². The summed E-state index contributed by atoms with van der Waals surface area (Å²) >= 11 is 0. The van der Waals surface area contributed by atoms with Crippen LogP contribution in [0.5, 0.6) is 0 Å². The number of tetrazole rings is 1. The Balaban J connectivity index is 1.71. The molecule has 1 aliphatic rings. The van der Waals surface area contributed by atoms with Crippen LogP contribution in [0.4, 0.5) is 0 Å². The second kappa shape index (κ2) is 7.40. The normalized spacial score (nSPS) is 20.6. The highest BCUT2D eigenvalue weighted by atomic mass is 15.5. The molecule has 0 saturated carbocycles. The van der Waals surface area contributed by atoms with Gasteiger partial charge in [-0.25, -0.2) is 4.98 Å². The van der Waals surface area contributed by atoms with Gasteiger partial charge in [-0.3, -0.25) is 0 Å². The minimum Gasteiger partial charge on any atom is -0.330 e. The molecule has 0 aliphatic heterocycles. The summed E-state index contributed by atoms with van der Waals surface area (Å²) in [5.74, 6) is 1.14. The zero-order chi connectivity index (χ0) is 20.6. The summed E-state index contributed by atoms with van der Waals surface area (Å²) in [6, 6.07) is 8.99. The standard InChI is InChI=1S/C23H25N7/c1-3-17(2)21(29-15-13-24-16-29)19-8-7-9-20-18(19)10-14-30(20)23(11-5-4-6-12-23)22-25-27-28-26-22/h4-11,13-17,21H,3,12H2,1-2H3,(H,25,26,27,28). The Bertz CT molecular complexity index is 1180. The summed E-state index contributed by atoms with van der Waals surface area (Å²) < 4.78 is 4.50. The third-order valence-electron chi connectivity index (χ3n) is 6.32. The number of nitrogens with zero attached hydrogens (tertiary/aromatic N) is 6. The monoisotopic (exact) mass is 399 g/mol. The lowest BCUT2D eigenvalue weighted by Crippen LogP contribution is -2.34. The predicted octanol–water partition coefficient (Wildman–Crippen LogP) is 4.25. The number of aromatic nitrogens is 7. The molecule has 30 heavy (non-hydrogen) atoms. The van der Waals surface area contributed by atoms with Crippen LogP contribution in [0.15, 0.2) is 73.5 Å². The SMILES string of the molecule is CCC(C)C(c1cccc2c1ccn2C1(c2nn[nH]n2)C=CC=CC1)n1ccnc1. The first-order valence-corrected chi connectivity index (χ1v) is 10.4. The molecular formula is C23H25N7. The van der Waals surface area contributed by atoms with Gasteiger partial charge in [-0.2, -0.15) is 5.21 Å². The molecule has 0 fully saturated rings. The number of H-pyrrole nitrogens is 1. The van der Waals surface area contributed by atoms with Gasteiger partial charge in [-0.1, -0.05) is 61.9 Å². The van der Waals surface area contributed by atoms with Crippen LogP contribution in [0.1, 0.15) is 44.1 Å². The number of imidazole rings is 1. The van der Waals surface area contributed by atoms with Gasteiger partial charge in [0, 0.05) is 35.9 Å². The summed E-state index contributed by atoms with van der Waals surface area (Å²) in [6.07, 6.45) is 18.3. The van der Waals surface area contributed by atoms with Crippen molar-refractivity contribution in [3.63, 3.8) is 0 Å². The maximum Gasteiger partial charge on any atom is 0.204 e. The molecule has 0 spiro atoms. The maximum atomic E-state index is 4.35. The van der Waals surface area contributed by atoms with Gasteiger partial charge in [-0.15, -0.1) is 10.2 Å². The Labute approximate surface area is 175 Å². The van der Waals surface area contributed by atoms with E-state index in [1.165, 1.54) is 10.9 Å². The molecule has 3 atom stereocenters. The fourth-order valence-electron chi connectivity index (χ4n) is 4.62. The van der Waals surface area contributed by atoms with Crippen LogP contribution < -0.4 is 0 Å². The summed E-state index contributed by atoms with van der Waals surface area (Å²) in [5, 5.41) is 16.4. The Morgan fingerprint density at radius 2 is 2.13 bits per heavy atom. The number of nitrogens with one attached hydrogen (secondary N) is 1. The largest absolute Gasteiger partial charge is 0.330 e. The lowest BCUT2D eigenvalue weighted by atomic mass is 9.88. The van der Waals surface area contributed by atoms with E-state index in [4.69, 9.17) is 0 Å². The van der Waals surface area contributed by atoms with Crippen LogP contribution in [0, 0.1) is 5.92 Å². The lowest BCUT2D eigenvalue weighted by Gasteiger charge is -2.31. The first kappa shape index (κ1) is 18.5. The third kappa shape index (κ3) is 2.81. The highest BCUT2D eigenvalue weighted by Crippen LogP contribution is 2.39. The Morgan fingerprint density at radius 1 is 1.20 bits per heavy atom. The van der Waals surface area contributed by atoms with E-state index in [0.29, 0.717) is 11.7 Å². The molecule has 4 aromatic rings. The van der Waals surface area contributed by atoms with Crippen molar-refractivity contribution in [2.45, 2.75) is 38.3 Å². The van der Waals surface area contributed by atoms with Crippen LogP contribution >= 0.6 is 0 Å². The molecule has 3 heterocycles. The van der Waals surface area contributed by atoms with Crippen molar-refractivity contribution in [1.29, 1.82) is 0 Å². The zero-order valence-corrected chi connectivity index (χ0v) is 17.2. The molecule has 152 valence electrons. The number of hydrogen-bond donors (Lipinski definition) is 1. The fraction of sp³-hybridized carbons (Fsp3) is 0.304. The first-order chi connectivity index (χ1) is 14.7. The van der Waals surface area contributed by atoms with E-state index in [-0.39, 0.29) is 6.04 Å². The number of hydrogen-bond acceptors (Lipinski definition) is 4. The average Bonchev–Trinajstić information content (AvgIpc) is 3.56. The zero-order valence-electron chi connectivity index (χ0n) is 17.2. The van der Waals surface area contributed by atoms with E-state index >= 15 is 0 Å². The quantitative estimate of drug-likeness (QED) is 0.526. The van der Waals surface area contributed by atoms with Gasteiger partial charge in [-0.05, 0) is 23.6 Å². The molecule has 1 aromatic carbocycles. The van der Waals surface area contributed by atoms with E-state index in [2.05, 4.69) is 110 Å². The summed E-state index contributed by atoms with van der Waals surface area (Å²) in [7, 11) is 0. The highest BCUT2D eigenvalue weighted by molar-refractivity contribution is 5.85. The van der Waals surface area contributed by atoms with Gasteiger partial charge in [0.25, 0.3) is 0 Å². The van der Waals surface area contributed by atoms with Crippen LogP contribution in [0.3, 0.4) is 0 Å². The van der Waals surface area contributed by atoms with Crippen molar-refractivity contribution in [2.24, 2.45) is 5.92 Å². The molecule has 3 aromatic heterocycles. The molecule has 0 bridgehead atoms. The van der Waals surface area contributed by atoms with Gasteiger partial charge in [0.2, 0.25) is 5.82 Å². The van der Waals surface area contributed by atoms with Gasteiger partial charge >= 0.3 is 0 Å². The third-order valence-corrected chi connectivity index (χ3v) is 6.32. The molecule has 0 saturated heterocycles. The van der Waals surface area contributed by atoms with Crippen molar-refractivity contribution in [1.82, 2.24) is 34.7 Å². The van der Waals surface area contributed by atoms with Crippen LogP contribution in [-0.4, -0.2) is 34.7 Å². The molecule has 1 aliphatic carbocycles. The van der Waals surface area contributed by atoms with Crippen LogP contribution in [0.25, 0.3) is 10.9 Å². The molecule has 1 N–H and O–H groups in total. The fourth-order valence-corrected chi connectivity index (χ4v) is 4.62. The molecule has 5 rings (SSSR count). The number of aromatic amines is 1. The summed E-state index contributed by atoms with van der Waals surface area (Å²) in [5.41, 5.74) is 1.96. The Kier molecular flexibility index (Phi) is 4.58. The van der Waals surface area contributed by atoms with Gasteiger partial charge in [0.15, 0.2) is 0 Å². The molecular weight excluding hydrogens is 374 g/mol. The first-order valence-electron chi connectivity index (χ1n) is 10.4. The Hall–Kier alpha value is -3.48. The van der Waals surface area contributed by atoms with Crippen molar-refractivity contribution in [3.8, 4) is 0 Å². The topological polar surface area (TPSA) is 77.2 Å². The number of fused-ring (bicyclic) bond motifs is 1. The Morgan fingerprint density at radius 3 is 2.83 bits per heavy atom. The van der Waals surface area contributed by atoms with Gasteiger partial charge < -0.3 is 9.13 Å². The van der Waals surface area contributed by atoms with Crippen LogP contribution in [0.2, 0.25) is 0 Å². The number of benzene rings is 1. The van der Waals surface area contributed by atoms with Crippen molar-refractivity contribution in [2.75, 3.05) is 0 Å². The summed E-state index contributed by atoms with van der Waals surface area (Å²) in [4.78, 5) is 4.30. The number of allylic oxidation sites excluding steroid dienone is 4. The smallest absolute Gasteiger partial charge is 0.204 e. The average molecular weight is 400 g/mol. The maximum absolute atomic E-state index is 4.35. The highest BCUT2D eigenvalue weighted by Gasteiger charge is 2.37. The number of rotatable bonds is 6. The molecule has 0 amide bonds.